The van der Waals surface area contributed by atoms with E-state index in [4.69, 9.17) is 16.7 Å². The van der Waals surface area contributed by atoms with Gasteiger partial charge in [0, 0.05) is 6.54 Å². The third-order valence-electron chi connectivity index (χ3n) is 3.22. The van der Waals surface area contributed by atoms with E-state index < -0.39 is 32.7 Å². The van der Waals surface area contributed by atoms with Crippen molar-refractivity contribution in [2.75, 3.05) is 6.54 Å². The summed E-state index contributed by atoms with van der Waals surface area (Å²) in [6.07, 6.45) is 1.44. The van der Waals surface area contributed by atoms with Crippen LogP contribution in [-0.4, -0.2) is 36.4 Å². The highest BCUT2D eigenvalue weighted by molar-refractivity contribution is 7.89. The van der Waals surface area contributed by atoms with E-state index in [2.05, 4.69) is 0 Å². The molecule has 20 heavy (non-hydrogen) atoms. The van der Waals surface area contributed by atoms with Gasteiger partial charge in [0.2, 0.25) is 10.0 Å². The molecule has 1 fully saturated rings. The summed E-state index contributed by atoms with van der Waals surface area (Å²) in [5.41, 5.74) is 0. The molecule has 0 aliphatic carbocycles. The molecule has 5 nitrogen and oxygen atoms in total. The molecule has 0 spiro atoms. The average molecular weight is 322 g/mol. The molecule has 1 aromatic rings. The number of sulfonamides is 1. The maximum atomic E-state index is 13.2. The Balaban J connectivity index is 2.47. The van der Waals surface area contributed by atoms with Crippen molar-refractivity contribution in [3.05, 3.63) is 29.0 Å². The van der Waals surface area contributed by atoms with E-state index >= 15 is 0 Å². The minimum atomic E-state index is -4.13. The first-order valence-corrected chi connectivity index (χ1v) is 7.85. The van der Waals surface area contributed by atoms with Gasteiger partial charge in [-0.3, -0.25) is 4.79 Å². The number of benzene rings is 1. The Morgan fingerprint density at radius 2 is 2.10 bits per heavy atom. The minimum absolute atomic E-state index is 0.0894. The number of halogens is 2. The Bertz CT molecular complexity index is 634. The average Bonchev–Trinajstić information content (AvgIpc) is 2.41. The molecule has 2 rings (SSSR count). The van der Waals surface area contributed by atoms with Crippen molar-refractivity contribution in [2.24, 2.45) is 0 Å². The third-order valence-corrected chi connectivity index (χ3v) is 5.61. The lowest BCUT2D eigenvalue weighted by Crippen LogP contribution is -2.47. The number of carboxylic acids is 1. The SMILES string of the molecule is O=C(O)[C@@H]1CCCCN1S(=O)(=O)c1cc(F)ccc1Cl. The standard InChI is InChI=1S/C12H13ClFNO4S/c13-9-5-4-8(14)7-11(9)20(18,19)15-6-2-1-3-10(15)12(16)17/h4-5,7,10H,1-3,6H2,(H,16,17)/t10-/m0/s1. The molecule has 8 heteroatoms. The van der Waals surface area contributed by atoms with Crippen LogP contribution in [0, 0.1) is 5.82 Å². The van der Waals surface area contributed by atoms with E-state index in [9.17, 15) is 17.6 Å². The Morgan fingerprint density at radius 3 is 2.75 bits per heavy atom. The molecule has 0 radical (unpaired) electrons. The maximum absolute atomic E-state index is 13.2. The number of piperidine rings is 1. The van der Waals surface area contributed by atoms with Crippen molar-refractivity contribution in [3.8, 4) is 0 Å². The Labute approximate surface area is 121 Å². The van der Waals surface area contributed by atoms with Gasteiger partial charge in [-0.05, 0) is 37.5 Å². The Morgan fingerprint density at radius 1 is 1.40 bits per heavy atom. The summed E-state index contributed by atoms with van der Waals surface area (Å²) in [7, 11) is -4.13. The van der Waals surface area contributed by atoms with E-state index in [0.29, 0.717) is 12.8 Å². The van der Waals surface area contributed by atoms with Crippen molar-refractivity contribution in [1.82, 2.24) is 4.31 Å². The molecular weight excluding hydrogens is 309 g/mol. The van der Waals surface area contributed by atoms with Gasteiger partial charge in [0.15, 0.2) is 0 Å². The number of hydrogen-bond acceptors (Lipinski definition) is 3. The topological polar surface area (TPSA) is 74.7 Å². The monoisotopic (exact) mass is 321 g/mol. The maximum Gasteiger partial charge on any atom is 0.322 e. The fraction of sp³-hybridized carbons (Fsp3) is 0.417. The molecule has 1 atom stereocenters. The van der Waals surface area contributed by atoms with Crippen LogP contribution >= 0.6 is 11.6 Å². The highest BCUT2D eigenvalue weighted by Crippen LogP contribution is 2.30. The van der Waals surface area contributed by atoms with Gasteiger partial charge in [0.05, 0.1) is 5.02 Å². The van der Waals surface area contributed by atoms with Gasteiger partial charge < -0.3 is 5.11 Å². The van der Waals surface area contributed by atoms with Crippen LogP contribution in [0.3, 0.4) is 0 Å². The predicted molar refractivity (Wildman–Crippen MR) is 70.6 cm³/mol. The Kier molecular flexibility index (Phi) is 4.31. The molecule has 110 valence electrons. The third kappa shape index (κ3) is 2.79. The van der Waals surface area contributed by atoms with Gasteiger partial charge >= 0.3 is 5.97 Å². The number of carboxylic acid groups (broad SMARTS) is 1. The molecular formula is C12H13ClFNO4S. The van der Waals surface area contributed by atoms with Crippen molar-refractivity contribution >= 4 is 27.6 Å². The van der Waals surface area contributed by atoms with Crippen LogP contribution in [0.25, 0.3) is 0 Å². The quantitative estimate of drug-likeness (QED) is 0.925. The summed E-state index contributed by atoms with van der Waals surface area (Å²) < 4.78 is 39.1. The molecule has 1 aliphatic rings. The van der Waals surface area contributed by atoms with Gasteiger partial charge in [-0.15, -0.1) is 0 Å². The van der Waals surface area contributed by atoms with E-state index in [1.807, 2.05) is 0 Å². The highest BCUT2D eigenvalue weighted by Gasteiger charge is 2.38. The predicted octanol–water partition coefficient (Wildman–Crippen LogP) is 2.11. The normalized spacial score (nSPS) is 20.8. The molecule has 0 unspecified atom stereocenters. The van der Waals surface area contributed by atoms with E-state index in [1.165, 1.54) is 0 Å². The molecule has 0 aromatic heterocycles. The van der Waals surface area contributed by atoms with Crippen LogP contribution in [0.5, 0.6) is 0 Å². The van der Waals surface area contributed by atoms with Crippen LogP contribution < -0.4 is 0 Å². The molecule has 0 bridgehead atoms. The van der Waals surface area contributed by atoms with Gasteiger partial charge in [-0.25, -0.2) is 12.8 Å². The summed E-state index contributed by atoms with van der Waals surface area (Å²) in [6, 6.07) is 1.87. The fourth-order valence-electron chi connectivity index (χ4n) is 2.24. The lowest BCUT2D eigenvalue weighted by atomic mass is 10.1. The van der Waals surface area contributed by atoms with E-state index in [1.54, 1.807) is 0 Å². The van der Waals surface area contributed by atoms with E-state index in [0.717, 1.165) is 22.5 Å². The first-order chi connectivity index (χ1) is 9.34. The Hall–Kier alpha value is -1.18. The molecule has 1 N–H and O–H groups in total. The molecule has 0 saturated carbocycles. The zero-order valence-corrected chi connectivity index (χ0v) is 12.0. The fourth-order valence-corrected chi connectivity index (χ4v) is 4.38. The zero-order chi connectivity index (χ0) is 14.9. The van der Waals surface area contributed by atoms with Crippen molar-refractivity contribution < 1.29 is 22.7 Å². The molecule has 1 saturated heterocycles. The molecule has 1 heterocycles. The van der Waals surface area contributed by atoms with Crippen molar-refractivity contribution in [3.63, 3.8) is 0 Å². The van der Waals surface area contributed by atoms with Crippen LogP contribution in [0.15, 0.2) is 23.1 Å². The number of rotatable bonds is 3. The van der Waals surface area contributed by atoms with Gasteiger partial charge in [0.25, 0.3) is 0 Å². The summed E-state index contributed by atoms with van der Waals surface area (Å²) in [5.74, 6) is -1.95. The zero-order valence-electron chi connectivity index (χ0n) is 10.4. The number of carbonyl (C=O) groups is 1. The summed E-state index contributed by atoms with van der Waals surface area (Å²) in [5, 5.41) is 9.01. The van der Waals surface area contributed by atoms with Crippen molar-refractivity contribution in [2.45, 2.75) is 30.2 Å². The summed E-state index contributed by atoms with van der Waals surface area (Å²) >= 11 is 5.81. The first-order valence-electron chi connectivity index (χ1n) is 6.04. The van der Waals surface area contributed by atoms with E-state index in [-0.39, 0.29) is 18.0 Å². The summed E-state index contributed by atoms with van der Waals surface area (Å²) in [6.45, 7) is 0.0894. The van der Waals surface area contributed by atoms with Gasteiger partial charge in [-0.1, -0.05) is 11.6 Å². The van der Waals surface area contributed by atoms with Crippen molar-refractivity contribution in [1.29, 1.82) is 0 Å². The minimum Gasteiger partial charge on any atom is -0.480 e. The van der Waals surface area contributed by atoms with Gasteiger partial charge in [0.1, 0.15) is 16.8 Å². The largest absolute Gasteiger partial charge is 0.480 e. The molecule has 0 amide bonds. The second kappa shape index (κ2) is 5.67. The molecule has 1 aromatic carbocycles. The summed E-state index contributed by atoms with van der Waals surface area (Å²) in [4.78, 5) is 10.8. The lowest BCUT2D eigenvalue weighted by Gasteiger charge is -2.32. The smallest absolute Gasteiger partial charge is 0.322 e. The second-order valence-electron chi connectivity index (χ2n) is 4.54. The van der Waals surface area contributed by atoms with Crippen LogP contribution in [0.2, 0.25) is 5.02 Å². The lowest BCUT2D eigenvalue weighted by molar-refractivity contribution is -0.142. The van der Waals surface area contributed by atoms with Crippen LogP contribution in [0.1, 0.15) is 19.3 Å². The second-order valence-corrected chi connectivity index (χ2v) is 6.81. The highest BCUT2D eigenvalue weighted by atomic mass is 35.5. The number of hydrogen-bond donors (Lipinski definition) is 1. The van der Waals surface area contributed by atoms with Crippen LogP contribution in [-0.2, 0) is 14.8 Å². The first kappa shape index (κ1) is 15.2. The number of aliphatic carboxylic acids is 1. The molecule has 1 aliphatic heterocycles. The number of nitrogens with zero attached hydrogens (tertiary/aromatic N) is 1. The van der Waals surface area contributed by atoms with Gasteiger partial charge in [-0.2, -0.15) is 4.31 Å². The van der Waals surface area contributed by atoms with Crippen LogP contribution in [0.4, 0.5) is 4.39 Å².